The number of amides is 1. The highest BCUT2D eigenvalue weighted by Crippen LogP contribution is 2.39. The zero-order chi connectivity index (χ0) is 16.7. The summed E-state index contributed by atoms with van der Waals surface area (Å²) in [5.74, 6) is 2.03. The third-order valence-corrected chi connectivity index (χ3v) is 5.11. The smallest absolute Gasteiger partial charge is 0.274 e. The topological polar surface area (TPSA) is 64.4 Å². The number of carbonyl (C=O) groups is 1. The summed E-state index contributed by atoms with van der Waals surface area (Å²) in [7, 11) is 0. The second-order valence-corrected chi connectivity index (χ2v) is 7.06. The van der Waals surface area contributed by atoms with E-state index in [1.165, 1.54) is 0 Å². The van der Waals surface area contributed by atoms with E-state index in [2.05, 4.69) is 17.4 Å². The van der Waals surface area contributed by atoms with Crippen LogP contribution >= 0.6 is 0 Å². The number of carbonyl (C=O) groups excluding carboxylic acids is 1. The van der Waals surface area contributed by atoms with Crippen LogP contribution in [-0.2, 0) is 6.61 Å². The summed E-state index contributed by atoms with van der Waals surface area (Å²) in [6, 6.07) is 6.17. The van der Waals surface area contributed by atoms with Gasteiger partial charge in [0.2, 0.25) is 0 Å². The summed E-state index contributed by atoms with van der Waals surface area (Å²) in [6.07, 6.45) is 4.40. The van der Waals surface area contributed by atoms with Gasteiger partial charge < -0.3 is 14.6 Å². The molecule has 5 heteroatoms. The lowest BCUT2D eigenvalue weighted by atomic mass is 9.87. The summed E-state index contributed by atoms with van der Waals surface area (Å²) in [4.78, 5) is 12.6. The first-order chi connectivity index (χ1) is 11.6. The maximum Gasteiger partial charge on any atom is 0.274 e. The van der Waals surface area contributed by atoms with Crippen LogP contribution in [0.25, 0.3) is 11.3 Å². The largest absolute Gasteiger partial charge is 0.488 e. The van der Waals surface area contributed by atoms with Gasteiger partial charge in [-0.05, 0) is 50.7 Å². The third-order valence-electron chi connectivity index (χ3n) is 5.11. The number of hydrogen-bond donors (Lipinski definition) is 1. The van der Waals surface area contributed by atoms with Gasteiger partial charge in [0.25, 0.3) is 5.91 Å². The minimum atomic E-state index is -0.153. The number of fused-ring (bicyclic) bond motifs is 3. The molecule has 0 unspecified atom stereocenters. The van der Waals surface area contributed by atoms with Crippen molar-refractivity contribution in [1.29, 1.82) is 0 Å². The predicted molar refractivity (Wildman–Crippen MR) is 89.9 cm³/mol. The number of benzene rings is 1. The van der Waals surface area contributed by atoms with E-state index in [9.17, 15) is 4.79 Å². The molecule has 4 rings (SSSR count). The Kier molecular flexibility index (Phi) is 3.79. The normalized spacial score (nSPS) is 22.2. The Labute approximate surface area is 141 Å². The Morgan fingerprint density at radius 3 is 2.83 bits per heavy atom. The summed E-state index contributed by atoms with van der Waals surface area (Å²) >= 11 is 0. The molecule has 24 heavy (non-hydrogen) atoms. The van der Waals surface area contributed by atoms with Crippen LogP contribution in [-0.4, -0.2) is 17.1 Å². The van der Waals surface area contributed by atoms with E-state index in [0.717, 1.165) is 54.0 Å². The Bertz CT molecular complexity index is 773. The minimum Gasteiger partial charge on any atom is -0.488 e. The van der Waals surface area contributed by atoms with Crippen molar-refractivity contribution in [3.8, 4) is 17.1 Å². The zero-order valence-corrected chi connectivity index (χ0v) is 14.1. The molecule has 1 N–H and O–H groups in total. The van der Waals surface area contributed by atoms with Crippen molar-refractivity contribution in [3.05, 3.63) is 35.0 Å². The molecule has 1 aromatic heterocycles. The Morgan fingerprint density at radius 2 is 2.04 bits per heavy atom. The molecular formula is C19H22N2O3. The molecule has 1 aromatic carbocycles. The van der Waals surface area contributed by atoms with Gasteiger partial charge in [0.15, 0.2) is 11.5 Å². The molecule has 1 fully saturated rings. The van der Waals surface area contributed by atoms with Crippen LogP contribution < -0.4 is 10.1 Å². The van der Waals surface area contributed by atoms with E-state index in [-0.39, 0.29) is 11.9 Å². The van der Waals surface area contributed by atoms with Crippen molar-refractivity contribution >= 4 is 5.91 Å². The van der Waals surface area contributed by atoms with Crippen molar-refractivity contribution in [1.82, 2.24) is 10.5 Å². The average Bonchev–Trinajstić information content (AvgIpc) is 3.01. The molecule has 0 spiro atoms. The van der Waals surface area contributed by atoms with E-state index >= 15 is 0 Å². The van der Waals surface area contributed by atoms with Crippen molar-refractivity contribution in [2.24, 2.45) is 5.92 Å². The first-order valence-electron chi connectivity index (χ1n) is 8.65. The fourth-order valence-corrected chi connectivity index (χ4v) is 3.59. The average molecular weight is 326 g/mol. The van der Waals surface area contributed by atoms with Gasteiger partial charge in [0.05, 0.1) is 11.1 Å². The number of nitrogens with one attached hydrogen (secondary N) is 1. The lowest BCUT2D eigenvalue weighted by molar-refractivity contribution is 0.0911. The van der Waals surface area contributed by atoms with E-state index in [4.69, 9.17) is 9.26 Å². The number of nitrogens with zero attached hydrogens (tertiary/aromatic N) is 1. The number of hydrogen-bond acceptors (Lipinski definition) is 4. The SMILES string of the molecule is Cc1ccc2c(c1)-c1onc(C(=O)NC3CCC(C)CC3)c1CO2. The second kappa shape index (κ2) is 5.96. The molecule has 2 heterocycles. The van der Waals surface area contributed by atoms with Crippen LogP contribution in [0.15, 0.2) is 22.7 Å². The number of rotatable bonds is 2. The highest BCUT2D eigenvalue weighted by Gasteiger charge is 2.30. The molecular weight excluding hydrogens is 304 g/mol. The van der Waals surface area contributed by atoms with Gasteiger partial charge in [0.1, 0.15) is 12.4 Å². The van der Waals surface area contributed by atoms with E-state index in [1.54, 1.807) is 0 Å². The molecule has 2 aliphatic rings. The monoisotopic (exact) mass is 326 g/mol. The fraction of sp³-hybridized carbons (Fsp3) is 0.474. The molecule has 1 aliphatic carbocycles. The molecule has 2 aromatic rings. The molecule has 0 atom stereocenters. The molecule has 126 valence electrons. The van der Waals surface area contributed by atoms with Crippen LogP contribution in [0.5, 0.6) is 5.75 Å². The molecule has 0 bridgehead atoms. The molecule has 1 saturated carbocycles. The minimum absolute atomic E-state index is 0.153. The standard InChI is InChI=1S/C19H22N2O3/c1-11-3-6-13(7-4-11)20-19(22)17-15-10-23-16-8-5-12(2)9-14(16)18(15)24-21-17/h5,8-9,11,13H,3-4,6-7,10H2,1-2H3,(H,20,22). The second-order valence-electron chi connectivity index (χ2n) is 7.06. The summed E-state index contributed by atoms with van der Waals surface area (Å²) in [5.41, 5.74) is 3.09. The van der Waals surface area contributed by atoms with Crippen molar-refractivity contribution in [2.75, 3.05) is 0 Å². The molecule has 5 nitrogen and oxygen atoms in total. The highest BCUT2D eigenvalue weighted by atomic mass is 16.5. The summed E-state index contributed by atoms with van der Waals surface area (Å²) in [5, 5.41) is 7.15. The van der Waals surface area contributed by atoms with Crippen LogP contribution in [0.4, 0.5) is 0 Å². The van der Waals surface area contributed by atoms with Crippen molar-refractivity contribution in [2.45, 2.75) is 52.2 Å². The molecule has 0 saturated heterocycles. The summed E-state index contributed by atoms with van der Waals surface area (Å²) < 4.78 is 11.3. The molecule has 1 aliphatic heterocycles. The van der Waals surface area contributed by atoms with Gasteiger partial charge in [-0.3, -0.25) is 4.79 Å². The highest BCUT2D eigenvalue weighted by molar-refractivity contribution is 5.95. The Hall–Kier alpha value is -2.30. The van der Waals surface area contributed by atoms with E-state index in [0.29, 0.717) is 18.1 Å². The van der Waals surface area contributed by atoms with Gasteiger partial charge >= 0.3 is 0 Å². The van der Waals surface area contributed by atoms with Gasteiger partial charge in [-0.2, -0.15) is 0 Å². The van der Waals surface area contributed by atoms with Crippen molar-refractivity contribution < 1.29 is 14.1 Å². The van der Waals surface area contributed by atoms with E-state index in [1.807, 2.05) is 25.1 Å². The van der Waals surface area contributed by atoms with Crippen LogP contribution in [0.2, 0.25) is 0 Å². The maximum absolute atomic E-state index is 12.6. The van der Waals surface area contributed by atoms with Crippen molar-refractivity contribution in [3.63, 3.8) is 0 Å². The van der Waals surface area contributed by atoms with Crippen LogP contribution in [0.3, 0.4) is 0 Å². The zero-order valence-electron chi connectivity index (χ0n) is 14.1. The van der Waals surface area contributed by atoms with Gasteiger partial charge in [-0.25, -0.2) is 0 Å². The third kappa shape index (κ3) is 2.68. The predicted octanol–water partition coefficient (Wildman–Crippen LogP) is 3.85. The quantitative estimate of drug-likeness (QED) is 0.910. The van der Waals surface area contributed by atoms with Gasteiger partial charge in [0, 0.05) is 6.04 Å². The summed E-state index contributed by atoms with van der Waals surface area (Å²) in [6.45, 7) is 4.60. The number of aromatic nitrogens is 1. The fourth-order valence-electron chi connectivity index (χ4n) is 3.59. The lowest BCUT2D eigenvalue weighted by Gasteiger charge is -2.26. The maximum atomic E-state index is 12.6. The number of aryl methyl sites for hydroxylation is 1. The van der Waals surface area contributed by atoms with Crippen LogP contribution in [0, 0.1) is 12.8 Å². The lowest BCUT2D eigenvalue weighted by Crippen LogP contribution is -2.38. The first-order valence-corrected chi connectivity index (χ1v) is 8.65. The van der Waals surface area contributed by atoms with E-state index < -0.39 is 0 Å². The molecule has 1 amide bonds. The number of ether oxygens (including phenoxy) is 1. The Balaban J connectivity index is 1.57. The Morgan fingerprint density at radius 1 is 1.25 bits per heavy atom. The van der Waals surface area contributed by atoms with Crippen LogP contribution in [0.1, 0.15) is 54.2 Å². The van der Waals surface area contributed by atoms with Gasteiger partial charge in [-0.1, -0.05) is 23.7 Å². The molecule has 0 radical (unpaired) electrons. The van der Waals surface area contributed by atoms with Gasteiger partial charge in [-0.15, -0.1) is 0 Å². The first kappa shape index (κ1) is 15.2.